The highest BCUT2D eigenvalue weighted by Crippen LogP contribution is 2.17. The van der Waals surface area contributed by atoms with Crippen molar-refractivity contribution in [1.29, 1.82) is 0 Å². The Morgan fingerprint density at radius 2 is 1.79 bits per heavy atom. The van der Waals surface area contributed by atoms with Gasteiger partial charge in [-0.3, -0.25) is 4.79 Å². The van der Waals surface area contributed by atoms with Crippen LogP contribution in [0.1, 0.15) is 16.1 Å². The third-order valence-electron chi connectivity index (χ3n) is 4.27. The van der Waals surface area contributed by atoms with Crippen LogP contribution >= 0.6 is 11.6 Å². The number of anilines is 3. The summed E-state index contributed by atoms with van der Waals surface area (Å²) in [7, 11) is 3.95. The molecule has 0 saturated heterocycles. The number of pyridine rings is 1. The largest absolute Gasteiger partial charge is 0.383 e. The van der Waals surface area contributed by atoms with E-state index in [-0.39, 0.29) is 5.91 Å². The topological polar surface area (TPSA) is 57.3 Å². The average molecular weight is 395 g/mol. The van der Waals surface area contributed by atoms with E-state index in [4.69, 9.17) is 11.6 Å². The molecule has 144 valence electrons. The van der Waals surface area contributed by atoms with Gasteiger partial charge in [0, 0.05) is 37.0 Å². The maximum absolute atomic E-state index is 12.4. The fourth-order valence-electron chi connectivity index (χ4n) is 2.71. The van der Waals surface area contributed by atoms with Crippen molar-refractivity contribution in [3.8, 4) is 0 Å². The highest BCUT2D eigenvalue weighted by molar-refractivity contribution is 6.30. The summed E-state index contributed by atoms with van der Waals surface area (Å²) < 4.78 is 0. The molecule has 0 atom stereocenters. The van der Waals surface area contributed by atoms with Gasteiger partial charge < -0.3 is 15.5 Å². The van der Waals surface area contributed by atoms with E-state index < -0.39 is 0 Å². The van der Waals surface area contributed by atoms with Crippen molar-refractivity contribution < 1.29 is 4.79 Å². The summed E-state index contributed by atoms with van der Waals surface area (Å²) in [5.74, 6) is -0.233. The second-order valence-electron chi connectivity index (χ2n) is 6.63. The number of benzene rings is 2. The molecule has 2 N–H and O–H groups in total. The number of hydrogen-bond acceptors (Lipinski definition) is 4. The maximum Gasteiger partial charge on any atom is 0.274 e. The van der Waals surface area contributed by atoms with Gasteiger partial charge in [0.2, 0.25) is 0 Å². The molecule has 3 aromatic rings. The Morgan fingerprint density at radius 3 is 2.43 bits per heavy atom. The Hall–Kier alpha value is -3.05. The predicted octanol–water partition coefficient (Wildman–Crippen LogP) is 4.71. The summed E-state index contributed by atoms with van der Waals surface area (Å²) in [4.78, 5) is 18.6. The molecule has 0 fully saturated rings. The third kappa shape index (κ3) is 5.47. The molecule has 0 aliphatic rings. The van der Waals surface area contributed by atoms with Crippen molar-refractivity contribution in [3.63, 3.8) is 0 Å². The van der Waals surface area contributed by atoms with E-state index in [0.29, 0.717) is 5.69 Å². The number of halogens is 1. The Labute approximate surface area is 170 Å². The van der Waals surface area contributed by atoms with Gasteiger partial charge in [0.25, 0.3) is 5.91 Å². The molecule has 5 nitrogen and oxygen atoms in total. The molecule has 0 aliphatic carbocycles. The first-order valence-electron chi connectivity index (χ1n) is 9.04. The molecule has 0 aliphatic heterocycles. The van der Waals surface area contributed by atoms with Gasteiger partial charge in [-0.2, -0.15) is 0 Å². The van der Waals surface area contributed by atoms with Crippen LogP contribution in [-0.2, 0) is 6.42 Å². The number of hydrogen-bond donors (Lipinski definition) is 2. The lowest BCUT2D eigenvalue weighted by atomic mass is 10.1. The van der Waals surface area contributed by atoms with Gasteiger partial charge in [-0.1, -0.05) is 23.7 Å². The molecule has 0 saturated carbocycles. The van der Waals surface area contributed by atoms with Crippen molar-refractivity contribution in [3.05, 3.63) is 83.1 Å². The molecule has 0 radical (unpaired) electrons. The molecule has 0 bridgehead atoms. The van der Waals surface area contributed by atoms with Gasteiger partial charge in [0.05, 0.1) is 11.9 Å². The summed E-state index contributed by atoms with van der Waals surface area (Å²) in [6.07, 6.45) is 2.52. The first-order chi connectivity index (χ1) is 13.5. The van der Waals surface area contributed by atoms with Gasteiger partial charge in [-0.15, -0.1) is 0 Å². The van der Waals surface area contributed by atoms with Crippen LogP contribution in [0.25, 0.3) is 0 Å². The lowest BCUT2D eigenvalue weighted by Gasteiger charge is -2.13. The van der Waals surface area contributed by atoms with E-state index in [0.717, 1.165) is 35.1 Å². The Bertz CT molecular complexity index is 924. The zero-order chi connectivity index (χ0) is 19.9. The number of amides is 1. The Kier molecular flexibility index (Phi) is 6.50. The molecule has 28 heavy (non-hydrogen) atoms. The summed E-state index contributed by atoms with van der Waals surface area (Å²) in [6, 6.07) is 19.0. The molecule has 0 unspecified atom stereocenters. The maximum atomic E-state index is 12.4. The number of nitrogens with zero attached hydrogens (tertiary/aromatic N) is 2. The molecular formula is C22H23ClN4O. The van der Waals surface area contributed by atoms with Crippen molar-refractivity contribution in [2.75, 3.05) is 36.2 Å². The van der Waals surface area contributed by atoms with E-state index in [2.05, 4.69) is 15.6 Å². The number of carbonyl (C=O) groups excluding carboxylic acids is 1. The fourth-order valence-corrected chi connectivity index (χ4v) is 2.93. The summed E-state index contributed by atoms with van der Waals surface area (Å²) in [5.41, 5.74) is 4.22. The predicted molar refractivity (Wildman–Crippen MR) is 117 cm³/mol. The molecule has 1 heterocycles. The standard InChI is InChI=1S/C22H23ClN4O/c1-27(2)20-9-6-18(7-10-20)26-22(28)21-11-8-19(15-25-21)24-13-12-16-4-3-5-17(23)14-16/h3-11,14-15,24H,12-13H2,1-2H3,(H,26,28). The third-order valence-corrected chi connectivity index (χ3v) is 4.50. The molecular weight excluding hydrogens is 372 g/mol. The van der Waals surface area contributed by atoms with Crippen molar-refractivity contribution in [2.24, 2.45) is 0 Å². The molecule has 3 rings (SSSR count). The SMILES string of the molecule is CN(C)c1ccc(NC(=O)c2ccc(NCCc3cccc(Cl)c3)cn2)cc1. The lowest BCUT2D eigenvalue weighted by Crippen LogP contribution is -2.14. The minimum Gasteiger partial charge on any atom is -0.383 e. The van der Waals surface area contributed by atoms with Crippen LogP contribution < -0.4 is 15.5 Å². The zero-order valence-electron chi connectivity index (χ0n) is 15.9. The molecule has 6 heteroatoms. The second-order valence-corrected chi connectivity index (χ2v) is 7.07. The normalized spacial score (nSPS) is 10.4. The van der Waals surface area contributed by atoms with Crippen LogP contribution in [-0.4, -0.2) is 31.5 Å². The van der Waals surface area contributed by atoms with Crippen LogP contribution in [0.5, 0.6) is 0 Å². The van der Waals surface area contributed by atoms with Crippen molar-refractivity contribution in [1.82, 2.24) is 4.98 Å². The van der Waals surface area contributed by atoms with E-state index in [9.17, 15) is 4.79 Å². The Balaban J connectivity index is 1.52. The lowest BCUT2D eigenvalue weighted by molar-refractivity contribution is 0.102. The smallest absolute Gasteiger partial charge is 0.274 e. The fraction of sp³-hybridized carbons (Fsp3) is 0.182. The van der Waals surface area contributed by atoms with Crippen LogP contribution in [0, 0.1) is 0 Å². The number of carbonyl (C=O) groups is 1. The van der Waals surface area contributed by atoms with Crippen molar-refractivity contribution in [2.45, 2.75) is 6.42 Å². The highest BCUT2D eigenvalue weighted by atomic mass is 35.5. The van der Waals surface area contributed by atoms with Gasteiger partial charge in [0.15, 0.2) is 0 Å². The van der Waals surface area contributed by atoms with Gasteiger partial charge in [-0.25, -0.2) is 4.98 Å². The molecule has 2 aromatic carbocycles. The van der Waals surface area contributed by atoms with Gasteiger partial charge in [0.1, 0.15) is 5.69 Å². The monoisotopic (exact) mass is 394 g/mol. The van der Waals surface area contributed by atoms with E-state index in [1.807, 2.05) is 73.6 Å². The Morgan fingerprint density at radius 1 is 1.04 bits per heavy atom. The number of nitrogens with one attached hydrogen (secondary N) is 2. The first-order valence-corrected chi connectivity index (χ1v) is 9.42. The zero-order valence-corrected chi connectivity index (χ0v) is 16.7. The number of rotatable bonds is 7. The van der Waals surface area contributed by atoms with Crippen LogP contribution in [0.3, 0.4) is 0 Å². The highest BCUT2D eigenvalue weighted by Gasteiger charge is 2.08. The van der Waals surface area contributed by atoms with Crippen LogP contribution in [0.15, 0.2) is 66.9 Å². The quantitative estimate of drug-likeness (QED) is 0.609. The average Bonchev–Trinajstić information content (AvgIpc) is 2.69. The second kappa shape index (κ2) is 9.24. The molecule has 1 aromatic heterocycles. The van der Waals surface area contributed by atoms with E-state index in [1.54, 1.807) is 12.3 Å². The van der Waals surface area contributed by atoms with Gasteiger partial charge in [-0.05, 0) is 60.5 Å². The molecule has 0 spiro atoms. The molecule has 1 amide bonds. The number of aromatic nitrogens is 1. The van der Waals surface area contributed by atoms with Crippen LogP contribution in [0.2, 0.25) is 5.02 Å². The van der Waals surface area contributed by atoms with Gasteiger partial charge >= 0.3 is 0 Å². The summed E-state index contributed by atoms with van der Waals surface area (Å²) >= 11 is 6.00. The van der Waals surface area contributed by atoms with E-state index in [1.165, 1.54) is 5.56 Å². The van der Waals surface area contributed by atoms with Crippen LogP contribution in [0.4, 0.5) is 17.1 Å². The summed E-state index contributed by atoms with van der Waals surface area (Å²) in [5, 5.41) is 6.91. The minimum absolute atomic E-state index is 0.233. The summed E-state index contributed by atoms with van der Waals surface area (Å²) in [6.45, 7) is 0.756. The minimum atomic E-state index is -0.233. The van der Waals surface area contributed by atoms with Crippen molar-refractivity contribution >= 4 is 34.6 Å². The van der Waals surface area contributed by atoms with E-state index >= 15 is 0 Å². The first kappa shape index (κ1) is 19.7.